The Morgan fingerprint density at radius 3 is 2.29 bits per heavy atom. The summed E-state index contributed by atoms with van der Waals surface area (Å²) in [6.07, 6.45) is 0.679. The van der Waals surface area contributed by atoms with Gasteiger partial charge < -0.3 is 14.2 Å². The number of hydrogen-bond acceptors (Lipinski definition) is 6. The highest BCUT2D eigenvalue weighted by molar-refractivity contribution is 4.97. The molecule has 0 unspecified atom stereocenters. The zero-order chi connectivity index (χ0) is 14.6. The maximum Gasteiger partial charge on any atom is 0.336 e. The average Bonchev–Trinajstić information content (AvgIpc) is 3.29. The van der Waals surface area contributed by atoms with Crippen molar-refractivity contribution in [2.24, 2.45) is 0 Å². The summed E-state index contributed by atoms with van der Waals surface area (Å²) >= 11 is 0. The number of ether oxygens (including phenoxy) is 3. The number of nitrogens with one attached hydrogen (secondary N) is 1. The van der Waals surface area contributed by atoms with Crippen molar-refractivity contribution in [3.05, 3.63) is 31.5 Å². The molecular weight excluding hydrogens is 282 g/mol. The highest BCUT2D eigenvalue weighted by Gasteiger charge is 2.50. The summed E-state index contributed by atoms with van der Waals surface area (Å²) in [6.45, 7) is 2.00. The maximum atomic E-state index is 12.3. The number of hydrogen-bond donors (Lipinski definition) is 1. The van der Waals surface area contributed by atoms with Gasteiger partial charge in [-0.2, -0.15) is 0 Å². The second-order valence-electron chi connectivity index (χ2n) is 5.80. The molecule has 0 aliphatic carbocycles. The number of rotatable bonds is 6. The fraction of sp³-hybridized carbons (Fsp3) is 0.750. The Hall–Kier alpha value is -1.71. The van der Waals surface area contributed by atoms with Crippen LogP contribution in [0.2, 0.25) is 0 Å². The minimum Gasteiger partial charge on any atom is -0.373 e. The van der Waals surface area contributed by atoms with Crippen LogP contribution in [0.1, 0.15) is 6.42 Å². The molecule has 9 heteroatoms. The Labute approximate surface area is 118 Å². The second kappa shape index (κ2) is 4.39. The molecule has 21 heavy (non-hydrogen) atoms. The molecular formula is C12H15N3O6. The third-order valence-electron chi connectivity index (χ3n) is 3.96. The van der Waals surface area contributed by atoms with E-state index in [1.807, 2.05) is 0 Å². The van der Waals surface area contributed by atoms with Crippen molar-refractivity contribution in [1.82, 2.24) is 14.1 Å². The molecule has 0 spiro atoms. The van der Waals surface area contributed by atoms with E-state index in [1.54, 1.807) is 0 Å². The van der Waals surface area contributed by atoms with Gasteiger partial charge in [-0.15, -0.1) is 0 Å². The van der Waals surface area contributed by atoms with Crippen molar-refractivity contribution in [3.63, 3.8) is 0 Å². The van der Waals surface area contributed by atoms with Crippen LogP contribution in [0.3, 0.4) is 0 Å². The predicted molar refractivity (Wildman–Crippen MR) is 68.4 cm³/mol. The summed E-state index contributed by atoms with van der Waals surface area (Å²) in [5.74, 6) is 0. The molecule has 9 nitrogen and oxygen atoms in total. The average molecular weight is 297 g/mol. The molecule has 0 amide bonds. The zero-order valence-electron chi connectivity index (χ0n) is 11.2. The van der Waals surface area contributed by atoms with Gasteiger partial charge in [0.05, 0.1) is 45.1 Å². The van der Waals surface area contributed by atoms with Crippen molar-refractivity contribution in [1.29, 1.82) is 0 Å². The van der Waals surface area contributed by atoms with Gasteiger partial charge in [-0.05, 0) is 0 Å². The van der Waals surface area contributed by atoms with Crippen LogP contribution >= 0.6 is 0 Å². The fourth-order valence-corrected chi connectivity index (χ4v) is 2.49. The van der Waals surface area contributed by atoms with Gasteiger partial charge in [0.15, 0.2) is 0 Å². The lowest BCUT2D eigenvalue weighted by atomic mass is 10.1. The molecule has 1 aromatic heterocycles. The fourth-order valence-electron chi connectivity index (χ4n) is 2.49. The van der Waals surface area contributed by atoms with Crippen molar-refractivity contribution in [2.45, 2.75) is 37.3 Å². The van der Waals surface area contributed by atoms with E-state index < -0.39 is 22.7 Å². The minimum atomic E-state index is -0.704. The predicted octanol–water partition coefficient (Wildman–Crippen LogP) is -2.34. The van der Waals surface area contributed by atoms with Gasteiger partial charge in [0, 0.05) is 6.42 Å². The molecule has 3 saturated heterocycles. The molecule has 4 heterocycles. The van der Waals surface area contributed by atoms with Gasteiger partial charge in [0.25, 0.3) is 0 Å². The molecule has 1 aromatic rings. The number of epoxide rings is 3. The molecule has 0 aromatic carbocycles. The molecule has 4 rings (SSSR count). The lowest BCUT2D eigenvalue weighted by Crippen LogP contribution is -2.51. The Balaban J connectivity index is 1.65. The van der Waals surface area contributed by atoms with Crippen LogP contribution < -0.4 is 17.1 Å². The first-order chi connectivity index (χ1) is 10.1. The molecule has 0 bridgehead atoms. The zero-order valence-corrected chi connectivity index (χ0v) is 11.2. The van der Waals surface area contributed by atoms with Gasteiger partial charge in [-0.3, -0.25) is 4.98 Å². The topological polar surface area (TPSA) is 114 Å². The highest BCUT2D eigenvalue weighted by Crippen LogP contribution is 2.37. The van der Waals surface area contributed by atoms with Gasteiger partial charge in [0.1, 0.15) is 5.60 Å². The van der Waals surface area contributed by atoms with Gasteiger partial charge in [-0.1, -0.05) is 0 Å². The van der Waals surface area contributed by atoms with Crippen LogP contribution in [0.15, 0.2) is 14.4 Å². The van der Waals surface area contributed by atoms with E-state index in [2.05, 4.69) is 4.98 Å². The van der Waals surface area contributed by atoms with E-state index in [4.69, 9.17) is 14.2 Å². The molecule has 3 fully saturated rings. The Bertz CT molecular complexity index is 735. The van der Waals surface area contributed by atoms with Crippen LogP contribution in [-0.2, 0) is 27.3 Å². The minimum absolute atomic E-state index is 0.124. The molecule has 3 atom stereocenters. The summed E-state index contributed by atoms with van der Waals surface area (Å²) in [6, 6.07) is 0. The van der Waals surface area contributed by atoms with E-state index in [1.165, 1.54) is 0 Å². The van der Waals surface area contributed by atoms with Crippen molar-refractivity contribution < 1.29 is 14.2 Å². The van der Waals surface area contributed by atoms with E-state index in [-0.39, 0.29) is 25.3 Å². The first kappa shape index (κ1) is 13.0. The Morgan fingerprint density at radius 1 is 1.10 bits per heavy atom. The van der Waals surface area contributed by atoms with E-state index >= 15 is 0 Å². The Morgan fingerprint density at radius 2 is 1.71 bits per heavy atom. The first-order valence-electron chi connectivity index (χ1n) is 6.87. The van der Waals surface area contributed by atoms with E-state index in [0.29, 0.717) is 26.2 Å². The highest BCUT2D eigenvalue weighted by atomic mass is 16.6. The maximum absolute atomic E-state index is 12.3. The van der Waals surface area contributed by atoms with E-state index in [0.717, 1.165) is 9.13 Å². The summed E-state index contributed by atoms with van der Waals surface area (Å²) < 4.78 is 17.6. The summed E-state index contributed by atoms with van der Waals surface area (Å²) in [4.78, 5) is 38.1. The third-order valence-corrected chi connectivity index (χ3v) is 3.96. The normalized spacial score (nSPS) is 33.0. The van der Waals surface area contributed by atoms with Gasteiger partial charge in [-0.25, -0.2) is 23.5 Å². The molecule has 1 N–H and O–H groups in total. The van der Waals surface area contributed by atoms with Crippen LogP contribution in [-0.4, -0.2) is 51.7 Å². The lowest BCUT2D eigenvalue weighted by Gasteiger charge is -2.13. The Kier molecular flexibility index (Phi) is 2.72. The van der Waals surface area contributed by atoms with Crippen LogP contribution in [0.25, 0.3) is 0 Å². The van der Waals surface area contributed by atoms with Crippen molar-refractivity contribution in [2.75, 3.05) is 19.8 Å². The molecule has 0 radical (unpaired) electrons. The largest absolute Gasteiger partial charge is 0.373 e. The van der Waals surface area contributed by atoms with Crippen LogP contribution in [0, 0.1) is 0 Å². The monoisotopic (exact) mass is 297 g/mol. The van der Waals surface area contributed by atoms with E-state index in [9.17, 15) is 14.4 Å². The molecule has 3 aliphatic heterocycles. The number of aromatic amines is 1. The summed E-state index contributed by atoms with van der Waals surface area (Å²) in [7, 11) is 0. The van der Waals surface area contributed by atoms with Crippen molar-refractivity contribution in [3.8, 4) is 0 Å². The van der Waals surface area contributed by atoms with Crippen LogP contribution in [0.4, 0.5) is 0 Å². The summed E-state index contributed by atoms with van der Waals surface area (Å²) in [5.41, 5.74) is -2.54. The molecule has 114 valence electrons. The lowest BCUT2D eigenvalue weighted by molar-refractivity contribution is 0.228. The second-order valence-corrected chi connectivity index (χ2v) is 5.80. The molecule has 3 aliphatic rings. The quantitative estimate of drug-likeness (QED) is 0.588. The first-order valence-corrected chi connectivity index (χ1v) is 6.87. The summed E-state index contributed by atoms with van der Waals surface area (Å²) in [5, 5.41) is 0. The van der Waals surface area contributed by atoms with Gasteiger partial charge in [0.2, 0.25) is 0 Å². The number of aromatic nitrogens is 3. The van der Waals surface area contributed by atoms with Gasteiger partial charge >= 0.3 is 17.1 Å². The standard InChI is InChI=1S/C12H15N3O6/c16-9-13-10(17)15(11(18)14(9)2-8-4-20-8)5-12(6-21-12)1-7-3-19-7/h7-8H,1-6H2,(H,13,16,17)/t7-,8+,12-/m0/s1. The molecule has 0 saturated carbocycles. The SMILES string of the molecule is O=c1[nH]c(=O)n(C[C@@]2(C[C@H]3CO3)CO2)c(=O)n1C[C@@H]1CO1. The smallest absolute Gasteiger partial charge is 0.336 e. The number of nitrogens with zero attached hydrogens (tertiary/aromatic N) is 2. The number of H-pyrrole nitrogens is 1. The van der Waals surface area contributed by atoms with Crippen LogP contribution in [0.5, 0.6) is 0 Å². The third kappa shape index (κ3) is 2.59. The van der Waals surface area contributed by atoms with Crippen molar-refractivity contribution >= 4 is 0 Å².